The van der Waals surface area contributed by atoms with Crippen LogP contribution in [0.15, 0.2) is 58.6 Å². The van der Waals surface area contributed by atoms with Crippen LogP contribution in [0, 0.1) is 13.8 Å². The molecule has 0 radical (unpaired) electrons. The SMILES string of the molecule is Cc1cc(C)nc(SCc2nc3cc(NS(=O)(=O)c4ccc(Cl)cc4)ccc3n2C)n1. The summed E-state index contributed by atoms with van der Waals surface area (Å²) in [6.07, 6.45) is 0. The third kappa shape index (κ3) is 4.84. The number of hydrogen-bond acceptors (Lipinski definition) is 6. The van der Waals surface area contributed by atoms with Crippen LogP contribution in [0.5, 0.6) is 0 Å². The second-order valence-electron chi connectivity index (χ2n) is 7.07. The van der Waals surface area contributed by atoms with Crippen LogP contribution in [-0.4, -0.2) is 27.9 Å². The van der Waals surface area contributed by atoms with Crippen LogP contribution in [0.3, 0.4) is 0 Å². The Hall–Kier alpha value is -2.62. The first kappa shape index (κ1) is 21.6. The fraction of sp³-hybridized carbons (Fsp3) is 0.190. The molecule has 160 valence electrons. The molecule has 7 nitrogen and oxygen atoms in total. The van der Waals surface area contributed by atoms with Crippen molar-refractivity contribution in [2.75, 3.05) is 4.72 Å². The van der Waals surface area contributed by atoms with Crippen LogP contribution in [0.4, 0.5) is 5.69 Å². The summed E-state index contributed by atoms with van der Waals surface area (Å²) in [6, 6.07) is 13.3. The molecule has 0 amide bonds. The molecule has 1 N–H and O–H groups in total. The first-order chi connectivity index (χ1) is 14.7. The zero-order valence-corrected chi connectivity index (χ0v) is 19.5. The largest absolute Gasteiger partial charge is 0.330 e. The monoisotopic (exact) mass is 473 g/mol. The Morgan fingerprint density at radius 3 is 2.35 bits per heavy atom. The fourth-order valence-corrected chi connectivity index (χ4v) is 5.27. The first-order valence-corrected chi connectivity index (χ1v) is 12.2. The van der Waals surface area contributed by atoms with Crippen molar-refractivity contribution in [3.05, 3.63) is 70.8 Å². The van der Waals surface area contributed by atoms with E-state index >= 15 is 0 Å². The van der Waals surface area contributed by atoms with Crippen molar-refractivity contribution >= 4 is 50.1 Å². The van der Waals surface area contributed by atoms with Crippen molar-refractivity contribution in [3.63, 3.8) is 0 Å². The molecular weight excluding hydrogens is 454 g/mol. The van der Waals surface area contributed by atoms with Crippen molar-refractivity contribution in [2.24, 2.45) is 7.05 Å². The smallest absolute Gasteiger partial charge is 0.261 e. The van der Waals surface area contributed by atoms with Gasteiger partial charge in [0, 0.05) is 23.5 Å². The number of nitrogens with zero attached hydrogens (tertiary/aromatic N) is 4. The lowest BCUT2D eigenvalue weighted by Gasteiger charge is -2.08. The van der Waals surface area contributed by atoms with E-state index in [0.29, 0.717) is 27.1 Å². The second kappa shape index (κ2) is 8.49. The van der Waals surface area contributed by atoms with Gasteiger partial charge in [-0.3, -0.25) is 4.72 Å². The molecule has 0 aliphatic rings. The summed E-state index contributed by atoms with van der Waals surface area (Å²) < 4.78 is 29.9. The zero-order valence-electron chi connectivity index (χ0n) is 17.1. The van der Waals surface area contributed by atoms with Gasteiger partial charge in [0.25, 0.3) is 10.0 Å². The van der Waals surface area contributed by atoms with Gasteiger partial charge < -0.3 is 4.57 Å². The number of aryl methyl sites for hydroxylation is 3. The number of anilines is 1. The average Bonchev–Trinajstić information content (AvgIpc) is 3.01. The van der Waals surface area contributed by atoms with Crippen LogP contribution in [0.25, 0.3) is 11.0 Å². The Morgan fingerprint density at radius 1 is 1.00 bits per heavy atom. The van der Waals surface area contributed by atoms with E-state index in [1.54, 1.807) is 24.3 Å². The second-order valence-corrected chi connectivity index (χ2v) is 10.1. The summed E-state index contributed by atoms with van der Waals surface area (Å²) in [7, 11) is -1.78. The number of fused-ring (bicyclic) bond motifs is 1. The molecule has 31 heavy (non-hydrogen) atoms. The number of imidazole rings is 1. The maximum Gasteiger partial charge on any atom is 0.261 e. The molecule has 0 saturated carbocycles. The molecule has 0 aliphatic carbocycles. The minimum Gasteiger partial charge on any atom is -0.330 e. The van der Waals surface area contributed by atoms with Gasteiger partial charge in [0.2, 0.25) is 0 Å². The predicted molar refractivity (Wildman–Crippen MR) is 124 cm³/mol. The van der Waals surface area contributed by atoms with Gasteiger partial charge in [0.15, 0.2) is 5.16 Å². The van der Waals surface area contributed by atoms with E-state index in [4.69, 9.17) is 11.6 Å². The molecule has 4 aromatic rings. The third-order valence-corrected chi connectivity index (χ3v) is 7.13. The number of sulfonamides is 1. The highest BCUT2D eigenvalue weighted by Crippen LogP contribution is 2.26. The molecule has 0 saturated heterocycles. The Kier molecular flexibility index (Phi) is 5.92. The number of thioether (sulfide) groups is 1. The first-order valence-electron chi connectivity index (χ1n) is 9.40. The van der Waals surface area contributed by atoms with Gasteiger partial charge in [-0.2, -0.15) is 0 Å². The summed E-state index contributed by atoms with van der Waals surface area (Å²) >= 11 is 7.37. The Labute approximate surface area is 190 Å². The van der Waals surface area contributed by atoms with E-state index in [-0.39, 0.29) is 4.90 Å². The molecule has 2 heterocycles. The molecule has 0 fully saturated rings. The number of nitrogens with one attached hydrogen (secondary N) is 1. The third-order valence-electron chi connectivity index (χ3n) is 4.64. The van der Waals surface area contributed by atoms with Crippen molar-refractivity contribution in [2.45, 2.75) is 29.7 Å². The van der Waals surface area contributed by atoms with Crippen LogP contribution in [0.1, 0.15) is 17.2 Å². The number of halogens is 1. The van der Waals surface area contributed by atoms with Crippen molar-refractivity contribution in [1.29, 1.82) is 0 Å². The summed E-state index contributed by atoms with van der Waals surface area (Å²) in [6.45, 7) is 3.89. The van der Waals surface area contributed by atoms with Gasteiger partial charge in [0.1, 0.15) is 5.82 Å². The van der Waals surface area contributed by atoms with E-state index in [1.807, 2.05) is 37.6 Å². The van der Waals surface area contributed by atoms with Crippen LogP contribution in [-0.2, 0) is 22.8 Å². The van der Waals surface area contributed by atoms with Crippen LogP contribution < -0.4 is 4.72 Å². The molecule has 0 bridgehead atoms. The van der Waals surface area contributed by atoms with Crippen molar-refractivity contribution < 1.29 is 8.42 Å². The van der Waals surface area contributed by atoms with Crippen LogP contribution >= 0.6 is 23.4 Å². The fourth-order valence-electron chi connectivity index (χ4n) is 3.16. The lowest BCUT2D eigenvalue weighted by molar-refractivity contribution is 0.601. The maximum atomic E-state index is 12.6. The lowest BCUT2D eigenvalue weighted by atomic mass is 10.3. The van der Waals surface area contributed by atoms with E-state index in [0.717, 1.165) is 22.7 Å². The van der Waals surface area contributed by atoms with E-state index in [1.165, 1.54) is 23.9 Å². The molecule has 10 heteroatoms. The molecule has 4 rings (SSSR count). The quantitative estimate of drug-likeness (QED) is 0.321. The van der Waals surface area contributed by atoms with E-state index in [2.05, 4.69) is 19.7 Å². The highest BCUT2D eigenvalue weighted by molar-refractivity contribution is 7.98. The summed E-state index contributed by atoms with van der Waals surface area (Å²) in [5.41, 5.74) is 3.91. The molecule has 0 aliphatic heterocycles. The topological polar surface area (TPSA) is 89.8 Å². The van der Waals surface area contributed by atoms with Gasteiger partial charge in [-0.15, -0.1) is 0 Å². The lowest BCUT2D eigenvalue weighted by Crippen LogP contribution is -2.12. The highest BCUT2D eigenvalue weighted by Gasteiger charge is 2.16. The number of rotatable bonds is 6. The highest BCUT2D eigenvalue weighted by atomic mass is 35.5. The van der Waals surface area contributed by atoms with Gasteiger partial charge in [-0.25, -0.2) is 23.4 Å². The zero-order chi connectivity index (χ0) is 22.2. The predicted octanol–water partition coefficient (Wildman–Crippen LogP) is 4.73. The Bertz CT molecular complexity index is 1350. The number of aromatic nitrogens is 4. The number of hydrogen-bond donors (Lipinski definition) is 1. The summed E-state index contributed by atoms with van der Waals surface area (Å²) in [4.78, 5) is 13.7. The molecule has 0 spiro atoms. The Balaban J connectivity index is 1.56. The molecular formula is C21H20ClN5O2S2. The molecule has 0 atom stereocenters. The normalized spacial score (nSPS) is 11.7. The molecule has 2 aromatic carbocycles. The minimum absolute atomic E-state index is 0.142. The van der Waals surface area contributed by atoms with E-state index < -0.39 is 10.0 Å². The molecule has 0 unspecified atom stereocenters. The summed E-state index contributed by atoms with van der Waals surface area (Å²) in [5, 5.41) is 1.19. The Morgan fingerprint density at radius 2 is 1.68 bits per heavy atom. The maximum absolute atomic E-state index is 12.6. The number of benzene rings is 2. The van der Waals surface area contributed by atoms with Crippen LogP contribution in [0.2, 0.25) is 5.02 Å². The average molecular weight is 474 g/mol. The van der Waals surface area contributed by atoms with Gasteiger partial charge in [-0.05, 0) is 62.4 Å². The summed E-state index contributed by atoms with van der Waals surface area (Å²) in [5.74, 6) is 1.44. The standard InChI is InChI=1S/C21H20ClN5O2S2/c1-13-10-14(2)24-21(23-13)30-12-20-25-18-11-16(6-9-19(18)27(20)3)26-31(28,29)17-7-4-15(22)5-8-17/h4-11,26H,12H2,1-3H3. The molecule has 2 aromatic heterocycles. The van der Waals surface area contributed by atoms with Crippen molar-refractivity contribution in [3.8, 4) is 0 Å². The van der Waals surface area contributed by atoms with Gasteiger partial charge in [-0.1, -0.05) is 23.4 Å². The van der Waals surface area contributed by atoms with E-state index in [9.17, 15) is 8.42 Å². The van der Waals surface area contributed by atoms with Gasteiger partial charge in [0.05, 0.1) is 27.4 Å². The van der Waals surface area contributed by atoms with Crippen molar-refractivity contribution in [1.82, 2.24) is 19.5 Å². The minimum atomic E-state index is -3.72. The van der Waals surface area contributed by atoms with Gasteiger partial charge >= 0.3 is 0 Å².